The third kappa shape index (κ3) is 3.11. The fraction of sp³-hybridized carbons (Fsp3) is 0.190. The van der Waals surface area contributed by atoms with E-state index in [9.17, 15) is 9.59 Å². The fourth-order valence-electron chi connectivity index (χ4n) is 3.41. The predicted octanol–water partition coefficient (Wildman–Crippen LogP) is 3.14. The van der Waals surface area contributed by atoms with E-state index in [1.165, 1.54) is 7.11 Å². The molecule has 7 heteroatoms. The Bertz CT molecular complexity index is 1020. The Balaban J connectivity index is 1.71. The van der Waals surface area contributed by atoms with Crippen LogP contribution in [0.5, 0.6) is 5.75 Å². The lowest BCUT2D eigenvalue weighted by atomic mass is 9.87. The van der Waals surface area contributed by atoms with Crippen LogP contribution in [0.1, 0.15) is 33.8 Å². The van der Waals surface area contributed by atoms with Crippen molar-refractivity contribution < 1.29 is 19.1 Å². The van der Waals surface area contributed by atoms with Gasteiger partial charge in [-0.2, -0.15) is 5.10 Å². The summed E-state index contributed by atoms with van der Waals surface area (Å²) in [5.41, 5.74) is 3.17. The molecule has 28 heavy (non-hydrogen) atoms. The first-order valence-electron chi connectivity index (χ1n) is 8.81. The predicted molar refractivity (Wildman–Crippen MR) is 103 cm³/mol. The first-order valence-corrected chi connectivity index (χ1v) is 8.81. The number of fused-ring (bicyclic) bond motifs is 1. The van der Waals surface area contributed by atoms with Crippen LogP contribution in [0.4, 0.5) is 5.82 Å². The Labute approximate surface area is 161 Å². The lowest BCUT2D eigenvalue weighted by Crippen LogP contribution is -2.24. The van der Waals surface area contributed by atoms with Gasteiger partial charge in [0.1, 0.15) is 11.6 Å². The number of anilines is 1. The number of carbonyl (C=O) groups excluding carboxylic acids is 2. The van der Waals surface area contributed by atoms with Gasteiger partial charge in [-0.15, -0.1) is 0 Å². The molecule has 0 radical (unpaired) electrons. The van der Waals surface area contributed by atoms with Crippen molar-refractivity contribution in [2.75, 3.05) is 19.5 Å². The van der Waals surface area contributed by atoms with Crippen LogP contribution in [0, 0.1) is 0 Å². The molecule has 1 aliphatic rings. The summed E-state index contributed by atoms with van der Waals surface area (Å²) >= 11 is 0. The summed E-state index contributed by atoms with van der Waals surface area (Å²) in [4.78, 5) is 24.0. The molecule has 1 amide bonds. The van der Waals surface area contributed by atoms with Gasteiger partial charge in [0.05, 0.1) is 31.7 Å². The van der Waals surface area contributed by atoms with Gasteiger partial charge in [0, 0.05) is 17.9 Å². The Morgan fingerprint density at radius 3 is 2.46 bits per heavy atom. The second-order valence-electron chi connectivity index (χ2n) is 6.48. The molecular weight excluding hydrogens is 358 g/mol. The van der Waals surface area contributed by atoms with Gasteiger partial charge in [-0.05, 0) is 42.0 Å². The second-order valence-corrected chi connectivity index (χ2v) is 6.48. The molecule has 0 saturated heterocycles. The summed E-state index contributed by atoms with van der Waals surface area (Å²) in [6.07, 6.45) is 2.09. The van der Waals surface area contributed by atoms with E-state index >= 15 is 0 Å². The van der Waals surface area contributed by atoms with E-state index in [0.29, 0.717) is 17.8 Å². The zero-order chi connectivity index (χ0) is 19.7. The molecule has 2 heterocycles. The minimum Gasteiger partial charge on any atom is -0.497 e. The molecule has 4 rings (SSSR count). The van der Waals surface area contributed by atoms with Crippen molar-refractivity contribution in [1.29, 1.82) is 0 Å². The molecule has 3 aromatic rings. The Kier molecular flexibility index (Phi) is 4.57. The van der Waals surface area contributed by atoms with Crippen molar-refractivity contribution in [3.63, 3.8) is 0 Å². The lowest BCUT2D eigenvalue weighted by molar-refractivity contribution is -0.116. The monoisotopic (exact) mass is 377 g/mol. The van der Waals surface area contributed by atoms with Gasteiger partial charge in [0.25, 0.3) is 0 Å². The van der Waals surface area contributed by atoms with Crippen LogP contribution >= 0.6 is 0 Å². The van der Waals surface area contributed by atoms with Crippen LogP contribution in [0.2, 0.25) is 0 Å². The van der Waals surface area contributed by atoms with Crippen LogP contribution in [-0.4, -0.2) is 35.9 Å². The molecule has 1 unspecified atom stereocenters. The van der Waals surface area contributed by atoms with Crippen molar-refractivity contribution in [3.8, 4) is 11.4 Å². The van der Waals surface area contributed by atoms with E-state index in [1.807, 2.05) is 36.4 Å². The van der Waals surface area contributed by atoms with E-state index in [-0.39, 0.29) is 17.8 Å². The normalized spacial score (nSPS) is 15.5. The number of rotatable bonds is 4. The van der Waals surface area contributed by atoms with Crippen molar-refractivity contribution in [3.05, 3.63) is 71.4 Å². The molecule has 1 atom stereocenters. The number of nitrogens with one attached hydrogen (secondary N) is 1. The van der Waals surface area contributed by atoms with E-state index in [0.717, 1.165) is 22.6 Å². The largest absolute Gasteiger partial charge is 0.497 e. The van der Waals surface area contributed by atoms with Gasteiger partial charge >= 0.3 is 5.97 Å². The number of aromatic nitrogens is 2. The number of ether oxygens (including phenoxy) is 2. The van der Waals surface area contributed by atoms with Gasteiger partial charge in [0.15, 0.2) is 0 Å². The zero-order valence-corrected chi connectivity index (χ0v) is 15.5. The summed E-state index contributed by atoms with van der Waals surface area (Å²) in [7, 11) is 2.96. The molecule has 7 nitrogen and oxygen atoms in total. The molecule has 0 spiro atoms. The molecule has 0 saturated carbocycles. The maximum atomic E-state index is 12.4. The van der Waals surface area contributed by atoms with Gasteiger partial charge < -0.3 is 14.8 Å². The Hall–Kier alpha value is -3.61. The van der Waals surface area contributed by atoms with Crippen molar-refractivity contribution in [2.24, 2.45) is 0 Å². The SMILES string of the molecule is COC(=O)c1ccc(C2CC(=O)Nc3c2cnn3-c2ccc(OC)cc2)cc1. The number of hydrogen-bond acceptors (Lipinski definition) is 5. The highest BCUT2D eigenvalue weighted by molar-refractivity contribution is 5.95. The molecule has 0 fully saturated rings. The van der Waals surface area contributed by atoms with Crippen LogP contribution in [0.3, 0.4) is 0 Å². The minimum atomic E-state index is -0.388. The van der Waals surface area contributed by atoms with E-state index in [2.05, 4.69) is 10.4 Å². The van der Waals surface area contributed by atoms with Gasteiger partial charge in [-0.1, -0.05) is 12.1 Å². The summed E-state index contributed by atoms with van der Waals surface area (Å²) in [5.74, 6) is 0.800. The van der Waals surface area contributed by atoms with Crippen LogP contribution < -0.4 is 10.1 Å². The van der Waals surface area contributed by atoms with Crippen molar-refractivity contribution in [1.82, 2.24) is 9.78 Å². The quantitative estimate of drug-likeness (QED) is 0.707. The Morgan fingerprint density at radius 1 is 1.11 bits per heavy atom. The second kappa shape index (κ2) is 7.19. The maximum Gasteiger partial charge on any atom is 0.337 e. The lowest BCUT2D eigenvalue weighted by Gasteiger charge is -2.24. The molecule has 1 aliphatic heterocycles. The van der Waals surface area contributed by atoms with E-state index < -0.39 is 0 Å². The first-order chi connectivity index (χ1) is 13.6. The van der Waals surface area contributed by atoms with Crippen LogP contribution in [0.15, 0.2) is 54.7 Å². The molecular formula is C21H19N3O4. The summed E-state index contributed by atoms with van der Waals surface area (Å²) in [5, 5.41) is 7.41. The standard InChI is InChI=1S/C21H19N3O4/c1-27-16-9-7-15(8-10-16)24-20-18(12-22-24)17(11-19(25)23-20)13-3-5-14(6-4-13)21(26)28-2/h3-10,12,17H,11H2,1-2H3,(H,23,25). The van der Waals surface area contributed by atoms with Crippen LogP contribution in [-0.2, 0) is 9.53 Å². The number of esters is 1. The van der Waals surface area contributed by atoms with Gasteiger partial charge in [-0.25, -0.2) is 9.48 Å². The molecule has 2 aromatic carbocycles. The molecule has 0 aliphatic carbocycles. The average Bonchev–Trinajstić information content (AvgIpc) is 3.16. The molecule has 0 bridgehead atoms. The topological polar surface area (TPSA) is 82.5 Å². The number of carbonyl (C=O) groups is 2. The fourth-order valence-corrected chi connectivity index (χ4v) is 3.41. The Morgan fingerprint density at radius 2 is 1.82 bits per heavy atom. The zero-order valence-electron chi connectivity index (χ0n) is 15.5. The molecule has 1 N–H and O–H groups in total. The molecule has 1 aromatic heterocycles. The summed E-state index contributed by atoms with van der Waals surface area (Å²) < 4.78 is 11.6. The van der Waals surface area contributed by atoms with Crippen molar-refractivity contribution in [2.45, 2.75) is 12.3 Å². The third-order valence-corrected chi connectivity index (χ3v) is 4.87. The number of methoxy groups -OCH3 is 2. The van der Waals surface area contributed by atoms with E-state index in [4.69, 9.17) is 9.47 Å². The number of benzene rings is 2. The van der Waals surface area contributed by atoms with Gasteiger partial charge in [-0.3, -0.25) is 4.79 Å². The van der Waals surface area contributed by atoms with Gasteiger partial charge in [0.2, 0.25) is 5.91 Å². The highest BCUT2D eigenvalue weighted by atomic mass is 16.5. The molecule has 142 valence electrons. The van der Waals surface area contributed by atoms with Crippen LogP contribution in [0.25, 0.3) is 5.69 Å². The summed E-state index contributed by atoms with van der Waals surface area (Å²) in [6.45, 7) is 0. The third-order valence-electron chi connectivity index (χ3n) is 4.87. The summed E-state index contributed by atoms with van der Waals surface area (Å²) in [6, 6.07) is 14.6. The van der Waals surface area contributed by atoms with Crippen molar-refractivity contribution >= 4 is 17.7 Å². The smallest absolute Gasteiger partial charge is 0.337 e. The number of amides is 1. The number of nitrogens with zero attached hydrogens (tertiary/aromatic N) is 2. The average molecular weight is 377 g/mol. The maximum absolute atomic E-state index is 12.4. The highest BCUT2D eigenvalue weighted by Crippen LogP contribution is 2.38. The first kappa shape index (κ1) is 17.8. The van der Waals surface area contributed by atoms with E-state index in [1.54, 1.807) is 30.1 Å². The number of hydrogen-bond donors (Lipinski definition) is 1. The minimum absolute atomic E-state index is 0.0789. The highest BCUT2D eigenvalue weighted by Gasteiger charge is 2.30.